The van der Waals surface area contributed by atoms with E-state index < -0.39 is 0 Å². The molecule has 102 valence electrons. The van der Waals surface area contributed by atoms with Crippen LogP contribution in [0.2, 0.25) is 0 Å². The third kappa shape index (κ3) is 2.27. The van der Waals surface area contributed by atoms with Crippen LogP contribution in [0, 0.1) is 13.8 Å². The Hall–Kier alpha value is -1.61. The molecule has 0 fully saturated rings. The average Bonchev–Trinajstić information content (AvgIpc) is 2.70. The van der Waals surface area contributed by atoms with E-state index in [-0.39, 0.29) is 11.8 Å². The molecule has 0 bridgehead atoms. The quantitative estimate of drug-likeness (QED) is 0.872. The number of hydrogen-bond acceptors (Lipinski definition) is 1. The molecule has 2 nitrogen and oxygen atoms in total. The topological polar surface area (TPSA) is 29.1 Å². The van der Waals surface area contributed by atoms with E-state index in [4.69, 9.17) is 0 Å². The Labute approximate surface area is 127 Å². The van der Waals surface area contributed by atoms with Crippen molar-refractivity contribution in [2.75, 3.05) is 5.32 Å². The van der Waals surface area contributed by atoms with Crippen LogP contribution in [0.1, 0.15) is 28.2 Å². The molecule has 0 aromatic heterocycles. The first-order chi connectivity index (χ1) is 9.56. The van der Waals surface area contributed by atoms with Gasteiger partial charge in [-0.25, -0.2) is 0 Å². The number of anilines is 1. The molecule has 0 spiro atoms. The summed E-state index contributed by atoms with van der Waals surface area (Å²) in [7, 11) is 0. The molecule has 0 aliphatic carbocycles. The van der Waals surface area contributed by atoms with Gasteiger partial charge >= 0.3 is 0 Å². The van der Waals surface area contributed by atoms with E-state index in [1.165, 1.54) is 11.1 Å². The fraction of sp³-hybridized carbons (Fsp3) is 0.235. The standard InChI is InChI=1S/C17H16BrNO/c1-10-7-11(2)16-13(8-10)14(17(20)19-16)9-12-5-3-4-6-15(12)18/h3-8,14H,9H2,1-2H3,(H,19,20). The fourth-order valence-electron chi connectivity index (χ4n) is 2.88. The molecular weight excluding hydrogens is 314 g/mol. The Balaban J connectivity index is 2.01. The minimum absolute atomic E-state index is 0.0951. The number of aryl methyl sites for hydroxylation is 2. The van der Waals surface area contributed by atoms with Crippen molar-refractivity contribution in [3.05, 3.63) is 63.1 Å². The minimum atomic E-state index is -0.0951. The number of hydrogen-bond donors (Lipinski definition) is 1. The highest BCUT2D eigenvalue weighted by Crippen LogP contribution is 2.38. The van der Waals surface area contributed by atoms with E-state index in [0.29, 0.717) is 0 Å². The first-order valence-electron chi connectivity index (χ1n) is 6.71. The van der Waals surface area contributed by atoms with E-state index in [2.05, 4.69) is 46.4 Å². The Kier molecular flexibility index (Phi) is 3.38. The van der Waals surface area contributed by atoms with E-state index in [9.17, 15) is 4.79 Å². The highest BCUT2D eigenvalue weighted by atomic mass is 79.9. The number of halogens is 1. The van der Waals surface area contributed by atoms with Gasteiger partial charge in [-0.05, 0) is 43.0 Å². The zero-order valence-corrected chi connectivity index (χ0v) is 13.1. The van der Waals surface area contributed by atoms with Crippen LogP contribution in [0.5, 0.6) is 0 Å². The monoisotopic (exact) mass is 329 g/mol. The molecular formula is C17H16BrNO. The molecule has 3 rings (SSSR count). The molecule has 1 aliphatic heterocycles. The van der Waals surface area contributed by atoms with Crippen LogP contribution in [-0.2, 0) is 11.2 Å². The third-order valence-corrected chi connectivity index (χ3v) is 4.61. The number of nitrogens with one attached hydrogen (secondary N) is 1. The number of amides is 1. The van der Waals surface area contributed by atoms with Crippen molar-refractivity contribution in [2.45, 2.75) is 26.2 Å². The summed E-state index contributed by atoms with van der Waals surface area (Å²) in [6.07, 6.45) is 0.725. The predicted molar refractivity (Wildman–Crippen MR) is 85.1 cm³/mol. The van der Waals surface area contributed by atoms with Crippen LogP contribution < -0.4 is 5.32 Å². The predicted octanol–water partition coefficient (Wildman–Crippen LogP) is 4.34. The van der Waals surface area contributed by atoms with Crippen molar-refractivity contribution >= 4 is 27.5 Å². The smallest absolute Gasteiger partial charge is 0.232 e. The maximum atomic E-state index is 12.3. The number of fused-ring (bicyclic) bond motifs is 1. The molecule has 20 heavy (non-hydrogen) atoms. The van der Waals surface area contributed by atoms with E-state index in [1.54, 1.807) is 0 Å². The highest BCUT2D eigenvalue weighted by Gasteiger charge is 2.32. The van der Waals surface area contributed by atoms with E-state index in [0.717, 1.165) is 27.7 Å². The lowest BCUT2D eigenvalue weighted by molar-refractivity contribution is -0.117. The van der Waals surface area contributed by atoms with Crippen LogP contribution in [0.25, 0.3) is 0 Å². The van der Waals surface area contributed by atoms with Gasteiger partial charge in [-0.1, -0.05) is 51.8 Å². The van der Waals surface area contributed by atoms with Crippen LogP contribution in [0.15, 0.2) is 40.9 Å². The molecule has 1 N–H and O–H groups in total. The molecule has 3 heteroatoms. The summed E-state index contributed by atoms with van der Waals surface area (Å²) in [4.78, 5) is 12.3. The zero-order valence-electron chi connectivity index (χ0n) is 11.5. The number of benzene rings is 2. The van der Waals surface area contributed by atoms with Crippen LogP contribution >= 0.6 is 15.9 Å². The van der Waals surface area contributed by atoms with Gasteiger partial charge in [-0.3, -0.25) is 4.79 Å². The van der Waals surface area contributed by atoms with Crippen LogP contribution in [0.4, 0.5) is 5.69 Å². The molecule has 2 aromatic carbocycles. The van der Waals surface area contributed by atoms with Gasteiger partial charge in [-0.2, -0.15) is 0 Å². The van der Waals surface area contributed by atoms with Gasteiger partial charge < -0.3 is 5.32 Å². The van der Waals surface area contributed by atoms with Gasteiger partial charge in [0.25, 0.3) is 0 Å². The Bertz CT molecular complexity index is 693. The number of carbonyl (C=O) groups is 1. The molecule has 1 aliphatic rings. The summed E-state index contributed by atoms with van der Waals surface area (Å²) in [6.45, 7) is 4.12. The average molecular weight is 330 g/mol. The van der Waals surface area contributed by atoms with Gasteiger partial charge in [0.2, 0.25) is 5.91 Å². The lowest BCUT2D eigenvalue weighted by Gasteiger charge is -2.11. The summed E-state index contributed by atoms with van der Waals surface area (Å²) in [5, 5.41) is 3.03. The molecule has 0 saturated heterocycles. The second kappa shape index (κ2) is 5.06. The van der Waals surface area contributed by atoms with Crippen LogP contribution in [0.3, 0.4) is 0 Å². The lowest BCUT2D eigenvalue weighted by atomic mass is 9.91. The maximum absolute atomic E-state index is 12.3. The first-order valence-corrected chi connectivity index (χ1v) is 7.51. The van der Waals surface area contributed by atoms with Crippen molar-refractivity contribution in [3.8, 4) is 0 Å². The Morgan fingerprint density at radius 1 is 1.20 bits per heavy atom. The maximum Gasteiger partial charge on any atom is 0.232 e. The largest absolute Gasteiger partial charge is 0.325 e. The van der Waals surface area contributed by atoms with Gasteiger partial charge in [0.15, 0.2) is 0 Å². The molecule has 1 atom stereocenters. The van der Waals surface area contributed by atoms with Crippen molar-refractivity contribution < 1.29 is 4.79 Å². The summed E-state index contributed by atoms with van der Waals surface area (Å²) >= 11 is 3.56. The Morgan fingerprint density at radius 2 is 1.95 bits per heavy atom. The third-order valence-electron chi connectivity index (χ3n) is 3.83. The summed E-state index contributed by atoms with van der Waals surface area (Å²) < 4.78 is 1.06. The SMILES string of the molecule is Cc1cc(C)c2c(c1)C(Cc1ccccc1Br)C(=O)N2. The van der Waals surface area contributed by atoms with E-state index >= 15 is 0 Å². The fourth-order valence-corrected chi connectivity index (χ4v) is 3.33. The molecule has 0 saturated carbocycles. The molecule has 1 heterocycles. The van der Waals surface area contributed by atoms with E-state index in [1.807, 2.05) is 25.1 Å². The van der Waals surface area contributed by atoms with Gasteiger partial charge in [0, 0.05) is 10.2 Å². The second-order valence-corrected chi connectivity index (χ2v) is 6.24. The van der Waals surface area contributed by atoms with Crippen LogP contribution in [-0.4, -0.2) is 5.91 Å². The highest BCUT2D eigenvalue weighted by molar-refractivity contribution is 9.10. The summed E-state index contributed by atoms with van der Waals surface area (Å²) in [6, 6.07) is 12.3. The lowest BCUT2D eigenvalue weighted by Crippen LogP contribution is -2.14. The van der Waals surface area contributed by atoms with Crippen molar-refractivity contribution in [2.24, 2.45) is 0 Å². The van der Waals surface area contributed by atoms with Crippen molar-refractivity contribution in [3.63, 3.8) is 0 Å². The minimum Gasteiger partial charge on any atom is -0.325 e. The van der Waals surface area contributed by atoms with Crippen molar-refractivity contribution in [1.82, 2.24) is 0 Å². The Morgan fingerprint density at radius 3 is 2.70 bits per heavy atom. The second-order valence-electron chi connectivity index (χ2n) is 5.38. The van der Waals surface area contributed by atoms with Gasteiger partial charge in [0.1, 0.15) is 0 Å². The summed E-state index contributed by atoms with van der Waals surface area (Å²) in [5.41, 5.74) is 5.64. The van der Waals surface area contributed by atoms with Gasteiger partial charge in [0.05, 0.1) is 5.92 Å². The zero-order chi connectivity index (χ0) is 14.3. The number of carbonyl (C=O) groups excluding carboxylic acids is 1. The molecule has 0 radical (unpaired) electrons. The number of rotatable bonds is 2. The molecule has 1 unspecified atom stereocenters. The first kappa shape index (κ1) is 13.4. The summed E-state index contributed by atoms with van der Waals surface area (Å²) in [5.74, 6) is 0.00625. The van der Waals surface area contributed by atoms with Gasteiger partial charge in [-0.15, -0.1) is 0 Å². The molecule has 2 aromatic rings. The van der Waals surface area contributed by atoms with Crippen molar-refractivity contribution in [1.29, 1.82) is 0 Å². The normalized spacial score (nSPS) is 16.9. The molecule has 1 amide bonds.